The zero-order valence-electron chi connectivity index (χ0n) is 14.2. The molecule has 3 aromatic carbocycles. The number of benzene rings is 3. The number of hydrogen-bond donors (Lipinski definition) is 4. The normalized spacial score (nSPS) is 10.4. The summed E-state index contributed by atoms with van der Waals surface area (Å²) in [4.78, 5) is 25.0. The van der Waals surface area contributed by atoms with Gasteiger partial charge in [0.25, 0.3) is 11.8 Å². The third-order valence-corrected chi connectivity index (χ3v) is 4.30. The topological polar surface area (TPSA) is 98.7 Å². The van der Waals surface area contributed by atoms with Crippen LogP contribution in [-0.2, 0) is 0 Å². The summed E-state index contributed by atoms with van der Waals surface area (Å²) in [6.07, 6.45) is 0. The van der Waals surface area contributed by atoms with Gasteiger partial charge in [-0.3, -0.25) is 9.59 Å². The van der Waals surface area contributed by atoms with Crippen LogP contribution in [0.1, 0.15) is 20.7 Å². The second kappa shape index (κ2) is 8.21. The van der Waals surface area contributed by atoms with Crippen molar-refractivity contribution in [1.82, 2.24) is 0 Å². The highest BCUT2D eigenvalue weighted by molar-refractivity contribution is 6.31. The van der Waals surface area contributed by atoms with E-state index < -0.39 is 11.8 Å². The van der Waals surface area contributed by atoms with Crippen LogP contribution < -0.4 is 10.6 Å². The van der Waals surface area contributed by atoms with Gasteiger partial charge in [0.1, 0.15) is 11.5 Å². The van der Waals surface area contributed by atoms with E-state index in [1.54, 1.807) is 24.3 Å². The maximum absolute atomic E-state index is 12.5. The minimum absolute atomic E-state index is 0.0129. The van der Waals surface area contributed by atoms with E-state index >= 15 is 0 Å². The van der Waals surface area contributed by atoms with Gasteiger partial charge in [0, 0.05) is 10.0 Å². The van der Waals surface area contributed by atoms with Crippen LogP contribution in [0.15, 0.2) is 60.7 Å². The zero-order chi connectivity index (χ0) is 20.3. The molecule has 4 N–H and O–H groups in total. The fourth-order valence-electron chi connectivity index (χ4n) is 2.46. The van der Waals surface area contributed by atoms with E-state index in [-0.39, 0.29) is 22.6 Å². The van der Waals surface area contributed by atoms with Gasteiger partial charge in [-0.1, -0.05) is 35.3 Å². The molecule has 3 aromatic rings. The first kappa shape index (κ1) is 19.5. The van der Waals surface area contributed by atoms with Gasteiger partial charge in [-0.05, 0) is 48.5 Å². The number of phenolic OH excluding ortho intramolecular Hbond substituents is 2. The van der Waals surface area contributed by atoms with E-state index in [4.69, 9.17) is 23.2 Å². The minimum atomic E-state index is -0.604. The monoisotopic (exact) mass is 416 g/mol. The number of carbonyl (C=O) groups excluding carboxylic acids is 2. The number of aromatic hydroxyl groups is 2. The number of nitrogens with one attached hydrogen (secondary N) is 2. The molecule has 0 radical (unpaired) electrons. The first-order valence-corrected chi connectivity index (χ1v) is 8.79. The Morgan fingerprint density at radius 2 is 1.07 bits per heavy atom. The molecule has 28 heavy (non-hydrogen) atoms. The van der Waals surface area contributed by atoms with Crippen LogP contribution >= 0.6 is 23.2 Å². The number of carbonyl (C=O) groups is 2. The van der Waals surface area contributed by atoms with Crippen molar-refractivity contribution in [2.75, 3.05) is 10.6 Å². The van der Waals surface area contributed by atoms with Crippen molar-refractivity contribution in [3.8, 4) is 11.5 Å². The molecule has 0 aliphatic rings. The molecule has 3 rings (SSSR count). The second-order valence-corrected chi connectivity index (χ2v) is 6.65. The number of hydrogen-bond acceptors (Lipinski definition) is 4. The number of para-hydroxylation sites is 2. The van der Waals surface area contributed by atoms with Crippen LogP contribution in [0.5, 0.6) is 11.5 Å². The predicted molar refractivity (Wildman–Crippen MR) is 109 cm³/mol. The quantitative estimate of drug-likeness (QED) is 0.485. The van der Waals surface area contributed by atoms with Crippen LogP contribution in [0, 0.1) is 0 Å². The van der Waals surface area contributed by atoms with Crippen molar-refractivity contribution in [2.24, 2.45) is 0 Å². The van der Waals surface area contributed by atoms with E-state index in [0.29, 0.717) is 21.4 Å². The summed E-state index contributed by atoms with van der Waals surface area (Å²) < 4.78 is 0. The highest BCUT2D eigenvalue weighted by atomic mass is 35.5. The standard InChI is InChI=1S/C20H14Cl2N2O4/c21-11-5-7-17(25)13(9-11)19(27)23-15-3-1-2-4-16(15)24-20(28)14-10-12(22)6-8-18(14)26/h1-10,25-26H,(H,23,27)(H,24,28). The minimum Gasteiger partial charge on any atom is -0.507 e. The van der Waals surface area contributed by atoms with Gasteiger partial charge in [0.2, 0.25) is 0 Å². The number of anilines is 2. The average Bonchev–Trinajstić information content (AvgIpc) is 2.67. The highest BCUT2D eigenvalue weighted by Crippen LogP contribution is 2.27. The number of amides is 2. The summed E-state index contributed by atoms with van der Waals surface area (Å²) in [7, 11) is 0. The van der Waals surface area contributed by atoms with Gasteiger partial charge >= 0.3 is 0 Å². The van der Waals surface area contributed by atoms with Crippen molar-refractivity contribution in [3.63, 3.8) is 0 Å². The Bertz CT molecular complexity index is 985. The van der Waals surface area contributed by atoms with Gasteiger partial charge in [0.05, 0.1) is 22.5 Å². The van der Waals surface area contributed by atoms with E-state index in [0.717, 1.165) is 0 Å². The smallest absolute Gasteiger partial charge is 0.259 e. The lowest BCUT2D eigenvalue weighted by Gasteiger charge is -2.13. The Kier molecular flexibility index (Phi) is 5.73. The Labute approximate surface area is 170 Å². The van der Waals surface area contributed by atoms with E-state index in [2.05, 4.69) is 10.6 Å². The molecule has 0 fully saturated rings. The molecule has 0 saturated carbocycles. The molecule has 0 aliphatic carbocycles. The fraction of sp³-hybridized carbons (Fsp3) is 0. The molecule has 0 aliphatic heterocycles. The van der Waals surface area contributed by atoms with Gasteiger partial charge in [-0.25, -0.2) is 0 Å². The molecule has 2 amide bonds. The van der Waals surface area contributed by atoms with Crippen molar-refractivity contribution in [3.05, 3.63) is 81.8 Å². The van der Waals surface area contributed by atoms with Crippen LogP contribution in [0.4, 0.5) is 11.4 Å². The predicted octanol–water partition coefficient (Wildman–Crippen LogP) is 4.91. The molecule has 0 heterocycles. The zero-order valence-corrected chi connectivity index (χ0v) is 15.8. The lowest BCUT2D eigenvalue weighted by molar-refractivity contribution is 0.101. The molecular formula is C20H14Cl2N2O4. The molecule has 0 saturated heterocycles. The average molecular weight is 417 g/mol. The van der Waals surface area contributed by atoms with Crippen LogP contribution in [-0.4, -0.2) is 22.0 Å². The van der Waals surface area contributed by atoms with Gasteiger partial charge in [0.15, 0.2) is 0 Å². The molecule has 0 spiro atoms. The number of phenols is 2. The Morgan fingerprint density at radius 3 is 1.46 bits per heavy atom. The SMILES string of the molecule is O=C(Nc1ccccc1NC(=O)c1cc(Cl)ccc1O)c1cc(Cl)ccc1O. The maximum atomic E-state index is 12.5. The van der Waals surface area contributed by atoms with Gasteiger partial charge < -0.3 is 20.8 Å². The molecule has 0 atom stereocenters. The Balaban J connectivity index is 1.85. The summed E-state index contributed by atoms with van der Waals surface area (Å²) in [5, 5.41) is 25.6. The molecule has 0 aromatic heterocycles. The molecule has 142 valence electrons. The van der Waals surface area contributed by atoms with Gasteiger partial charge in [-0.15, -0.1) is 0 Å². The Hall–Kier alpha value is -3.22. The number of halogens is 2. The summed E-state index contributed by atoms with van der Waals surface area (Å²) in [5.41, 5.74) is 0.561. The lowest BCUT2D eigenvalue weighted by atomic mass is 10.1. The first-order chi connectivity index (χ1) is 13.3. The second-order valence-electron chi connectivity index (χ2n) is 5.78. The number of rotatable bonds is 4. The third-order valence-electron chi connectivity index (χ3n) is 3.83. The molecule has 0 bridgehead atoms. The molecule has 0 unspecified atom stereocenters. The van der Waals surface area contributed by atoms with E-state index in [1.165, 1.54) is 36.4 Å². The summed E-state index contributed by atoms with van der Waals surface area (Å²) in [6.45, 7) is 0. The van der Waals surface area contributed by atoms with Crippen LogP contribution in [0.3, 0.4) is 0 Å². The Morgan fingerprint density at radius 1 is 0.679 bits per heavy atom. The van der Waals surface area contributed by atoms with E-state index in [9.17, 15) is 19.8 Å². The molecule has 6 nitrogen and oxygen atoms in total. The van der Waals surface area contributed by atoms with Crippen molar-refractivity contribution in [2.45, 2.75) is 0 Å². The third kappa shape index (κ3) is 4.36. The molecular weight excluding hydrogens is 403 g/mol. The van der Waals surface area contributed by atoms with Gasteiger partial charge in [-0.2, -0.15) is 0 Å². The summed E-state index contributed by atoms with van der Waals surface area (Å²) >= 11 is 11.8. The van der Waals surface area contributed by atoms with Crippen molar-refractivity contribution >= 4 is 46.4 Å². The van der Waals surface area contributed by atoms with Crippen LogP contribution in [0.2, 0.25) is 10.0 Å². The summed E-state index contributed by atoms with van der Waals surface area (Å²) in [6, 6.07) is 14.7. The van der Waals surface area contributed by atoms with Crippen molar-refractivity contribution in [1.29, 1.82) is 0 Å². The van der Waals surface area contributed by atoms with Crippen molar-refractivity contribution < 1.29 is 19.8 Å². The summed E-state index contributed by atoms with van der Waals surface area (Å²) in [5.74, 6) is -1.67. The largest absolute Gasteiger partial charge is 0.507 e. The van der Waals surface area contributed by atoms with Crippen LogP contribution in [0.25, 0.3) is 0 Å². The first-order valence-electron chi connectivity index (χ1n) is 8.04. The molecule has 8 heteroatoms. The highest BCUT2D eigenvalue weighted by Gasteiger charge is 2.17. The lowest BCUT2D eigenvalue weighted by Crippen LogP contribution is -2.17. The van der Waals surface area contributed by atoms with E-state index in [1.807, 2.05) is 0 Å². The fourth-order valence-corrected chi connectivity index (χ4v) is 2.80. The maximum Gasteiger partial charge on any atom is 0.259 e.